The van der Waals surface area contributed by atoms with E-state index >= 15 is 0 Å². The molecule has 0 aliphatic rings. The van der Waals surface area contributed by atoms with Crippen molar-refractivity contribution >= 4 is 11.6 Å². The lowest BCUT2D eigenvalue weighted by atomic mass is 10.1. The predicted molar refractivity (Wildman–Crippen MR) is 88.5 cm³/mol. The number of ether oxygens (including phenoxy) is 2. The molecule has 1 aromatic carbocycles. The molecule has 5 heteroatoms. The fourth-order valence-electron chi connectivity index (χ4n) is 2.12. The smallest absolute Gasteiger partial charge is 0.166 e. The lowest BCUT2D eigenvalue weighted by Crippen LogP contribution is -2.15. The molecule has 0 saturated heterocycles. The molecule has 0 amide bonds. The first-order chi connectivity index (χ1) is 10.6. The van der Waals surface area contributed by atoms with E-state index in [1.54, 1.807) is 25.6 Å². The molecule has 0 unspecified atom stereocenters. The zero-order valence-electron chi connectivity index (χ0n) is 13.1. The molecule has 1 N–H and O–H groups in total. The van der Waals surface area contributed by atoms with Crippen LogP contribution in [-0.2, 0) is 13.1 Å². The highest BCUT2D eigenvalue weighted by Gasteiger charge is 2.14. The summed E-state index contributed by atoms with van der Waals surface area (Å²) in [5, 5.41) is 4.02. The molecule has 0 bridgehead atoms. The molecule has 0 aliphatic carbocycles. The average Bonchev–Trinajstić information content (AvgIpc) is 2.50. The van der Waals surface area contributed by atoms with Crippen LogP contribution < -0.4 is 14.8 Å². The van der Waals surface area contributed by atoms with Gasteiger partial charge in [0.2, 0.25) is 0 Å². The Morgan fingerprint density at radius 1 is 1.18 bits per heavy atom. The molecule has 2 rings (SSSR count). The van der Waals surface area contributed by atoms with Crippen molar-refractivity contribution in [3.05, 3.63) is 52.8 Å². The number of halogens is 1. The first kappa shape index (κ1) is 16.6. The van der Waals surface area contributed by atoms with Crippen molar-refractivity contribution in [2.45, 2.75) is 33.0 Å². The van der Waals surface area contributed by atoms with Crippen LogP contribution in [0.3, 0.4) is 0 Å². The number of hydrogen-bond acceptors (Lipinski definition) is 4. The van der Waals surface area contributed by atoms with Gasteiger partial charge in [0.25, 0.3) is 0 Å². The number of hydrogen-bond donors (Lipinski definition) is 1. The SMILES string of the molecule is COc1cc(Cl)cc(CNCc2ccncc2)c1OC(C)C. The Bertz CT molecular complexity index is 603. The van der Waals surface area contributed by atoms with Crippen molar-refractivity contribution in [1.29, 1.82) is 0 Å². The maximum absolute atomic E-state index is 6.16. The number of aromatic nitrogens is 1. The number of rotatable bonds is 7. The van der Waals surface area contributed by atoms with Gasteiger partial charge in [-0.3, -0.25) is 4.98 Å². The van der Waals surface area contributed by atoms with Gasteiger partial charge in [0.05, 0.1) is 13.2 Å². The molecule has 0 saturated carbocycles. The second-order valence-corrected chi connectivity index (χ2v) is 5.66. The van der Waals surface area contributed by atoms with Gasteiger partial charge in [-0.25, -0.2) is 0 Å². The first-order valence-corrected chi connectivity index (χ1v) is 7.60. The second kappa shape index (κ2) is 8.01. The van der Waals surface area contributed by atoms with Crippen LogP contribution in [0.5, 0.6) is 11.5 Å². The van der Waals surface area contributed by atoms with Gasteiger partial charge >= 0.3 is 0 Å². The largest absolute Gasteiger partial charge is 0.493 e. The van der Waals surface area contributed by atoms with Crippen molar-refractivity contribution < 1.29 is 9.47 Å². The first-order valence-electron chi connectivity index (χ1n) is 7.23. The van der Waals surface area contributed by atoms with Gasteiger partial charge in [-0.2, -0.15) is 0 Å². The normalized spacial score (nSPS) is 10.8. The highest BCUT2D eigenvalue weighted by atomic mass is 35.5. The van der Waals surface area contributed by atoms with Crippen LogP contribution in [0.1, 0.15) is 25.0 Å². The number of methoxy groups -OCH3 is 1. The molecule has 0 spiro atoms. The summed E-state index contributed by atoms with van der Waals surface area (Å²) in [4.78, 5) is 4.01. The second-order valence-electron chi connectivity index (χ2n) is 5.22. The molecule has 4 nitrogen and oxygen atoms in total. The Labute approximate surface area is 136 Å². The molecular weight excluding hydrogens is 300 g/mol. The van der Waals surface area contributed by atoms with E-state index in [0.717, 1.165) is 17.9 Å². The van der Waals surface area contributed by atoms with E-state index in [1.807, 2.05) is 32.0 Å². The predicted octanol–water partition coefficient (Wildman–Crippen LogP) is 3.82. The summed E-state index contributed by atoms with van der Waals surface area (Å²) in [6.45, 7) is 5.37. The Kier molecular flexibility index (Phi) is 6.04. The molecule has 0 radical (unpaired) electrons. The molecular formula is C17H21ClN2O2. The van der Waals surface area contributed by atoms with Gasteiger partial charge < -0.3 is 14.8 Å². The Morgan fingerprint density at radius 3 is 2.55 bits per heavy atom. The van der Waals surface area contributed by atoms with E-state index in [2.05, 4.69) is 10.3 Å². The van der Waals surface area contributed by atoms with Gasteiger partial charge in [0.1, 0.15) is 0 Å². The molecule has 1 heterocycles. The van der Waals surface area contributed by atoms with Crippen molar-refractivity contribution in [2.75, 3.05) is 7.11 Å². The van der Waals surface area contributed by atoms with Crippen molar-refractivity contribution in [3.63, 3.8) is 0 Å². The van der Waals surface area contributed by atoms with Crippen LogP contribution in [0.25, 0.3) is 0 Å². The molecule has 22 heavy (non-hydrogen) atoms. The topological polar surface area (TPSA) is 43.4 Å². The number of benzene rings is 1. The third kappa shape index (κ3) is 4.61. The summed E-state index contributed by atoms with van der Waals surface area (Å²) < 4.78 is 11.3. The van der Waals surface area contributed by atoms with Gasteiger partial charge in [-0.15, -0.1) is 0 Å². The Morgan fingerprint density at radius 2 is 1.91 bits per heavy atom. The molecule has 0 atom stereocenters. The minimum atomic E-state index is 0.0639. The van der Waals surface area contributed by atoms with Crippen molar-refractivity contribution in [1.82, 2.24) is 10.3 Å². The summed E-state index contributed by atoms with van der Waals surface area (Å²) >= 11 is 6.16. The highest BCUT2D eigenvalue weighted by molar-refractivity contribution is 6.30. The van der Waals surface area contributed by atoms with Gasteiger partial charge in [0.15, 0.2) is 11.5 Å². The van der Waals surface area contributed by atoms with Crippen LogP contribution in [0.15, 0.2) is 36.7 Å². The Balaban J connectivity index is 2.12. The number of pyridine rings is 1. The van der Waals surface area contributed by atoms with E-state index < -0.39 is 0 Å². The lowest BCUT2D eigenvalue weighted by Gasteiger charge is -2.18. The molecule has 2 aromatic rings. The maximum Gasteiger partial charge on any atom is 0.166 e. The number of nitrogens with one attached hydrogen (secondary N) is 1. The molecule has 118 valence electrons. The van der Waals surface area contributed by atoms with E-state index in [-0.39, 0.29) is 6.10 Å². The fraction of sp³-hybridized carbons (Fsp3) is 0.353. The monoisotopic (exact) mass is 320 g/mol. The van der Waals surface area contributed by atoms with E-state index in [0.29, 0.717) is 17.3 Å². The molecule has 1 aromatic heterocycles. The summed E-state index contributed by atoms with van der Waals surface area (Å²) in [6, 6.07) is 7.64. The zero-order chi connectivity index (χ0) is 15.9. The summed E-state index contributed by atoms with van der Waals surface area (Å²) in [5.41, 5.74) is 2.16. The maximum atomic E-state index is 6.16. The van der Waals surface area contributed by atoms with E-state index in [9.17, 15) is 0 Å². The number of nitrogens with zero attached hydrogens (tertiary/aromatic N) is 1. The quantitative estimate of drug-likeness (QED) is 0.842. The fourth-order valence-corrected chi connectivity index (χ4v) is 2.35. The standard InChI is InChI=1S/C17H21ClN2O2/c1-12(2)22-17-14(8-15(18)9-16(17)21-3)11-20-10-13-4-6-19-7-5-13/h4-9,12,20H,10-11H2,1-3H3. The van der Waals surface area contributed by atoms with Crippen LogP contribution in [0.2, 0.25) is 5.02 Å². The lowest BCUT2D eigenvalue weighted by molar-refractivity contribution is 0.227. The third-order valence-electron chi connectivity index (χ3n) is 3.06. The zero-order valence-corrected chi connectivity index (χ0v) is 13.9. The minimum absolute atomic E-state index is 0.0639. The van der Waals surface area contributed by atoms with E-state index in [4.69, 9.17) is 21.1 Å². The molecule has 0 aliphatic heterocycles. The van der Waals surface area contributed by atoms with Crippen molar-refractivity contribution in [3.8, 4) is 11.5 Å². The summed E-state index contributed by atoms with van der Waals surface area (Å²) in [6.07, 6.45) is 3.63. The van der Waals surface area contributed by atoms with Crippen LogP contribution in [0, 0.1) is 0 Å². The average molecular weight is 321 g/mol. The Hall–Kier alpha value is -1.78. The van der Waals surface area contributed by atoms with Gasteiger partial charge in [0, 0.05) is 42.1 Å². The molecule has 0 fully saturated rings. The van der Waals surface area contributed by atoms with Crippen molar-refractivity contribution in [2.24, 2.45) is 0 Å². The van der Waals surface area contributed by atoms with Gasteiger partial charge in [-0.1, -0.05) is 11.6 Å². The van der Waals surface area contributed by atoms with Crippen LogP contribution >= 0.6 is 11.6 Å². The highest BCUT2D eigenvalue weighted by Crippen LogP contribution is 2.35. The van der Waals surface area contributed by atoms with E-state index in [1.165, 1.54) is 5.56 Å². The summed E-state index contributed by atoms with van der Waals surface area (Å²) in [7, 11) is 1.62. The summed E-state index contributed by atoms with van der Waals surface area (Å²) in [5.74, 6) is 1.39. The third-order valence-corrected chi connectivity index (χ3v) is 3.28. The van der Waals surface area contributed by atoms with Crippen LogP contribution in [0.4, 0.5) is 0 Å². The minimum Gasteiger partial charge on any atom is -0.493 e. The van der Waals surface area contributed by atoms with Gasteiger partial charge in [-0.05, 0) is 37.6 Å². The van der Waals surface area contributed by atoms with Crippen LogP contribution in [-0.4, -0.2) is 18.2 Å².